The Hall–Kier alpha value is -0.370. The van der Waals surface area contributed by atoms with Gasteiger partial charge < -0.3 is 4.74 Å². The molecule has 2 nitrogen and oxygen atoms in total. The molecular weight excluding hydrogens is 138 g/mol. The zero-order valence-electron chi connectivity index (χ0n) is 7.97. The Balaban J connectivity index is 3.24. The van der Waals surface area contributed by atoms with Crippen molar-refractivity contribution < 1.29 is 9.31 Å². The highest BCUT2D eigenvalue weighted by atomic mass is 16.5. The van der Waals surface area contributed by atoms with E-state index in [0.29, 0.717) is 0 Å². The number of ether oxygens (including phenoxy) is 1. The van der Waals surface area contributed by atoms with Crippen LogP contribution in [0.15, 0.2) is 0 Å². The summed E-state index contributed by atoms with van der Waals surface area (Å²) in [5.74, 6) is 0. The van der Waals surface area contributed by atoms with Crippen LogP contribution < -0.4 is 0 Å². The summed E-state index contributed by atoms with van der Waals surface area (Å²) in [4.78, 5) is 0. The van der Waals surface area contributed by atoms with E-state index in [2.05, 4.69) is 24.8 Å². The van der Waals surface area contributed by atoms with Crippen molar-refractivity contribution in [3.05, 3.63) is 0 Å². The fourth-order valence-electron chi connectivity index (χ4n) is 0.945. The van der Waals surface area contributed by atoms with E-state index in [0.717, 1.165) is 26.2 Å². The maximum atomic E-state index is 5.20. The zero-order chi connectivity index (χ0) is 8.53. The van der Waals surface area contributed by atoms with Crippen LogP contribution >= 0.6 is 0 Å². The summed E-state index contributed by atoms with van der Waals surface area (Å²) in [7, 11) is 2.11. The fourth-order valence-corrected chi connectivity index (χ4v) is 0.945. The van der Waals surface area contributed by atoms with Gasteiger partial charge in [0, 0.05) is 19.4 Å². The molecule has 0 amide bonds. The van der Waals surface area contributed by atoms with Gasteiger partial charge in [0.15, 0.2) is 0 Å². The summed E-state index contributed by atoms with van der Waals surface area (Å²) < 4.78 is 7.43. The van der Waals surface area contributed by atoms with Crippen LogP contribution in [0.1, 0.15) is 26.7 Å². The van der Waals surface area contributed by atoms with Crippen molar-refractivity contribution in [3.63, 3.8) is 0 Å². The number of hydrogen-bond acceptors (Lipinski definition) is 1. The average Bonchev–Trinajstić information content (AvgIpc) is 1.99. The van der Waals surface area contributed by atoms with Gasteiger partial charge >= 0.3 is 0 Å². The molecule has 0 unspecified atom stereocenters. The van der Waals surface area contributed by atoms with Gasteiger partial charge in [-0.3, -0.25) is 0 Å². The molecule has 0 radical (unpaired) electrons. The maximum Gasteiger partial charge on any atom is 0.142 e. The highest BCUT2D eigenvalue weighted by molar-refractivity contribution is 5.50. The first-order chi connectivity index (χ1) is 5.31. The molecule has 0 aromatic carbocycles. The number of hydrogen-bond donors (Lipinski definition) is 0. The van der Waals surface area contributed by atoms with Gasteiger partial charge in [0.2, 0.25) is 0 Å². The SMILES string of the molecule is CCC[N+](C)=CCCOCC. The first-order valence-electron chi connectivity index (χ1n) is 4.42. The molecule has 0 bridgehead atoms. The molecule has 0 rings (SSSR count). The third-order valence-electron chi connectivity index (χ3n) is 1.48. The van der Waals surface area contributed by atoms with Crippen LogP contribution in [0.2, 0.25) is 0 Å². The van der Waals surface area contributed by atoms with E-state index in [-0.39, 0.29) is 0 Å². The largest absolute Gasteiger partial charge is 0.381 e. The van der Waals surface area contributed by atoms with Crippen LogP contribution in [0.3, 0.4) is 0 Å². The molecule has 0 heterocycles. The molecule has 11 heavy (non-hydrogen) atoms. The number of rotatable bonds is 6. The minimum atomic E-state index is 0.825. The van der Waals surface area contributed by atoms with Crippen LogP contribution in [0.25, 0.3) is 0 Å². The Labute approximate surface area is 69.9 Å². The van der Waals surface area contributed by atoms with E-state index in [9.17, 15) is 0 Å². The second-order valence-electron chi connectivity index (χ2n) is 2.65. The lowest BCUT2D eigenvalue weighted by Crippen LogP contribution is -2.09. The quantitative estimate of drug-likeness (QED) is 0.324. The van der Waals surface area contributed by atoms with Crippen molar-refractivity contribution in [2.75, 3.05) is 26.8 Å². The standard InChI is InChI=1S/C9H20NO/c1-4-7-10(3)8-6-9-11-5-2/h8H,4-7,9H2,1-3H3/q+1. The Morgan fingerprint density at radius 2 is 2.09 bits per heavy atom. The van der Waals surface area contributed by atoms with E-state index in [1.807, 2.05) is 6.92 Å². The van der Waals surface area contributed by atoms with Gasteiger partial charge in [-0.25, -0.2) is 4.58 Å². The molecule has 0 spiro atoms. The molecule has 66 valence electrons. The lowest BCUT2D eigenvalue weighted by molar-refractivity contribution is -0.493. The van der Waals surface area contributed by atoms with Gasteiger partial charge in [-0.2, -0.15) is 0 Å². The predicted octanol–water partition coefficient (Wildman–Crippen LogP) is 1.54. The summed E-state index contributed by atoms with van der Waals surface area (Å²) in [6.45, 7) is 7.03. The minimum absolute atomic E-state index is 0.825. The van der Waals surface area contributed by atoms with Gasteiger partial charge in [0.25, 0.3) is 0 Å². The molecule has 0 aliphatic heterocycles. The smallest absolute Gasteiger partial charge is 0.142 e. The second kappa shape index (κ2) is 7.73. The van der Waals surface area contributed by atoms with Crippen LogP contribution in [0, 0.1) is 0 Å². The first-order valence-corrected chi connectivity index (χ1v) is 4.42. The molecule has 0 saturated heterocycles. The maximum absolute atomic E-state index is 5.20. The monoisotopic (exact) mass is 158 g/mol. The van der Waals surface area contributed by atoms with E-state index >= 15 is 0 Å². The van der Waals surface area contributed by atoms with Crippen molar-refractivity contribution in [2.24, 2.45) is 0 Å². The zero-order valence-corrected chi connectivity index (χ0v) is 7.97. The van der Waals surface area contributed by atoms with Gasteiger partial charge in [-0.05, 0) is 6.92 Å². The molecular formula is C9H20NO+. The normalized spacial score (nSPS) is 12.1. The van der Waals surface area contributed by atoms with Gasteiger partial charge in [-0.15, -0.1) is 0 Å². The van der Waals surface area contributed by atoms with E-state index < -0.39 is 0 Å². The average molecular weight is 158 g/mol. The molecule has 0 saturated carbocycles. The molecule has 0 aliphatic rings. The van der Waals surface area contributed by atoms with Crippen LogP contribution in [-0.2, 0) is 4.74 Å². The molecule has 2 heteroatoms. The first kappa shape index (κ1) is 10.6. The highest BCUT2D eigenvalue weighted by Gasteiger charge is 1.91. The van der Waals surface area contributed by atoms with Crippen molar-refractivity contribution >= 4 is 6.21 Å². The summed E-state index contributed by atoms with van der Waals surface area (Å²) in [6, 6.07) is 0. The topological polar surface area (TPSA) is 12.2 Å². The third-order valence-corrected chi connectivity index (χ3v) is 1.48. The van der Waals surface area contributed by atoms with Crippen LogP contribution in [0.4, 0.5) is 0 Å². The van der Waals surface area contributed by atoms with Crippen molar-refractivity contribution in [2.45, 2.75) is 26.7 Å². The van der Waals surface area contributed by atoms with Crippen molar-refractivity contribution in [1.82, 2.24) is 0 Å². The summed E-state index contributed by atoms with van der Waals surface area (Å²) in [6.07, 6.45) is 4.44. The lowest BCUT2D eigenvalue weighted by atomic mass is 10.4. The Bertz CT molecular complexity index is 110. The third kappa shape index (κ3) is 7.53. The minimum Gasteiger partial charge on any atom is -0.381 e. The van der Waals surface area contributed by atoms with Crippen molar-refractivity contribution in [3.8, 4) is 0 Å². The van der Waals surface area contributed by atoms with Crippen LogP contribution in [-0.4, -0.2) is 37.6 Å². The predicted molar refractivity (Wildman–Crippen MR) is 48.5 cm³/mol. The van der Waals surface area contributed by atoms with E-state index in [1.54, 1.807) is 0 Å². The Morgan fingerprint density at radius 1 is 1.36 bits per heavy atom. The molecule has 0 N–H and O–H groups in total. The Kier molecular flexibility index (Phi) is 7.47. The highest BCUT2D eigenvalue weighted by Crippen LogP contribution is 1.80. The van der Waals surface area contributed by atoms with Gasteiger partial charge in [0.05, 0.1) is 6.61 Å². The second-order valence-corrected chi connectivity index (χ2v) is 2.65. The lowest BCUT2D eigenvalue weighted by Gasteiger charge is -1.95. The number of nitrogens with zero attached hydrogens (tertiary/aromatic N) is 1. The van der Waals surface area contributed by atoms with Gasteiger partial charge in [0.1, 0.15) is 19.8 Å². The van der Waals surface area contributed by atoms with Crippen LogP contribution in [0.5, 0.6) is 0 Å². The van der Waals surface area contributed by atoms with E-state index in [4.69, 9.17) is 4.74 Å². The van der Waals surface area contributed by atoms with Gasteiger partial charge in [-0.1, -0.05) is 6.92 Å². The molecule has 0 fully saturated rings. The summed E-state index contributed by atoms with van der Waals surface area (Å²) in [5, 5.41) is 0. The molecule has 0 aromatic heterocycles. The fraction of sp³-hybridized carbons (Fsp3) is 0.889. The molecule has 0 aliphatic carbocycles. The summed E-state index contributed by atoms with van der Waals surface area (Å²) >= 11 is 0. The van der Waals surface area contributed by atoms with E-state index in [1.165, 1.54) is 6.42 Å². The molecule has 0 aromatic rings. The summed E-state index contributed by atoms with van der Waals surface area (Å²) in [5.41, 5.74) is 0. The van der Waals surface area contributed by atoms with Crippen molar-refractivity contribution in [1.29, 1.82) is 0 Å². The Morgan fingerprint density at radius 3 is 2.64 bits per heavy atom. The molecule has 0 atom stereocenters.